The summed E-state index contributed by atoms with van der Waals surface area (Å²) in [5.41, 5.74) is 2.01. The predicted molar refractivity (Wildman–Crippen MR) is 79.4 cm³/mol. The van der Waals surface area contributed by atoms with Crippen LogP contribution in [-0.4, -0.2) is 28.9 Å². The molecule has 2 rings (SSSR count). The highest BCUT2D eigenvalue weighted by Crippen LogP contribution is 2.25. The average Bonchev–Trinajstić information content (AvgIpc) is 2.68. The Morgan fingerprint density at radius 3 is 2.79 bits per heavy atom. The Hall–Kier alpha value is -1.33. The second-order valence-electron chi connectivity index (χ2n) is 4.39. The fourth-order valence-electron chi connectivity index (χ4n) is 2.21. The van der Waals surface area contributed by atoms with Crippen molar-refractivity contribution < 1.29 is 9.47 Å². The lowest BCUT2D eigenvalue weighted by Crippen LogP contribution is -2.16. The van der Waals surface area contributed by atoms with Gasteiger partial charge in [0, 0.05) is 6.61 Å². The van der Waals surface area contributed by atoms with Gasteiger partial charge in [0.25, 0.3) is 0 Å². The van der Waals surface area contributed by atoms with Gasteiger partial charge in [-0.2, -0.15) is 0 Å². The van der Waals surface area contributed by atoms with Crippen LogP contribution in [0.5, 0.6) is 5.75 Å². The first-order valence-electron chi connectivity index (χ1n) is 6.63. The van der Waals surface area contributed by atoms with Crippen molar-refractivity contribution in [3.8, 4) is 5.75 Å². The van der Waals surface area contributed by atoms with E-state index in [4.69, 9.17) is 21.7 Å². The summed E-state index contributed by atoms with van der Waals surface area (Å²) in [6, 6.07) is 5.98. The van der Waals surface area contributed by atoms with E-state index in [-0.39, 0.29) is 6.10 Å². The van der Waals surface area contributed by atoms with E-state index in [0.29, 0.717) is 18.0 Å². The number of fused-ring (bicyclic) bond motifs is 1. The lowest BCUT2D eigenvalue weighted by molar-refractivity contribution is 0.0645. The van der Waals surface area contributed by atoms with Gasteiger partial charge in [-0.05, 0) is 45.1 Å². The second kappa shape index (κ2) is 6.21. The minimum Gasteiger partial charge on any atom is -0.492 e. The van der Waals surface area contributed by atoms with Crippen LogP contribution in [0.15, 0.2) is 18.2 Å². The Balaban J connectivity index is 2.42. The van der Waals surface area contributed by atoms with Crippen LogP contribution >= 0.6 is 12.2 Å². The third kappa shape index (κ3) is 2.98. The molecule has 2 aromatic rings. The molecule has 0 fully saturated rings. The maximum absolute atomic E-state index is 5.62. The number of benzene rings is 1. The van der Waals surface area contributed by atoms with Crippen molar-refractivity contribution in [3.05, 3.63) is 23.0 Å². The van der Waals surface area contributed by atoms with Crippen molar-refractivity contribution >= 4 is 23.3 Å². The van der Waals surface area contributed by atoms with Gasteiger partial charge in [0.15, 0.2) is 4.77 Å². The molecule has 1 unspecified atom stereocenters. The molecular weight excluding hydrogens is 260 g/mol. The molecule has 0 saturated carbocycles. The number of H-pyrrole nitrogens is 1. The first kappa shape index (κ1) is 14.1. The van der Waals surface area contributed by atoms with E-state index < -0.39 is 0 Å². The molecule has 4 nitrogen and oxygen atoms in total. The average molecular weight is 280 g/mol. The van der Waals surface area contributed by atoms with Crippen LogP contribution < -0.4 is 4.74 Å². The molecule has 0 aliphatic carbocycles. The Kier molecular flexibility index (Phi) is 4.61. The van der Waals surface area contributed by atoms with Gasteiger partial charge in [0.1, 0.15) is 11.3 Å². The van der Waals surface area contributed by atoms with E-state index in [1.165, 1.54) is 0 Å². The van der Waals surface area contributed by atoms with Crippen molar-refractivity contribution in [1.82, 2.24) is 9.55 Å². The maximum atomic E-state index is 5.62. The fourth-order valence-corrected chi connectivity index (χ4v) is 2.48. The molecule has 0 radical (unpaired) electrons. The lowest BCUT2D eigenvalue weighted by atomic mass is 10.3. The normalized spacial score (nSPS) is 12.8. The van der Waals surface area contributed by atoms with Crippen LogP contribution in [0.1, 0.15) is 20.8 Å². The van der Waals surface area contributed by atoms with Crippen molar-refractivity contribution in [2.75, 3.05) is 13.2 Å². The largest absolute Gasteiger partial charge is 0.492 e. The minimum atomic E-state index is 0.131. The van der Waals surface area contributed by atoms with E-state index in [9.17, 15) is 0 Å². The Bertz CT molecular complexity index is 603. The van der Waals surface area contributed by atoms with E-state index >= 15 is 0 Å². The smallest absolute Gasteiger partial charge is 0.178 e. The molecule has 1 aromatic heterocycles. The molecular formula is C14H20N2O2S. The molecule has 19 heavy (non-hydrogen) atoms. The highest BCUT2D eigenvalue weighted by atomic mass is 32.1. The van der Waals surface area contributed by atoms with Gasteiger partial charge in [-0.3, -0.25) is 0 Å². The molecule has 0 aliphatic heterocycles. The Labute approximate surface area is 118 Å². The predicted octanol–water partition coefficient (Wildman–Crippen LogP) is 3.52. The number of imidazole rings is 1. The number of ether oxygens (including phenoxy) is 2. The second-order valence-corrected chi connectivity index (χ2v) is 4.78. The van der Waals surface area contributed by atoms with E-state index in [0.717, 1.165) is 23.3 Å². The summed E-state index contributed by atoms with van der Waals surface area (Å²) in [7, 11) is 0. The van der Waals surface area contributed by atoms with Crippen LogP contribution in [0.2, 0.25) is 0 Å². The van der Waals surface area contributed by atoms with Crippen molar-refractivity contribution in [2.24, 2.45) is 0 Å². The molecule has 1 aromatic carbocycles. The number of nitrogens with zero attached hydrogens (tertiary/aromatic N) is 1. The molecule has 0 saturated heterocycles. The van der Waals surface area contributed by atoms with Gasteiger partial charge in [0.05, 0.1) is 24.8 Å². The molecule has 1 heterocycles. The van der Waals surface area contributed by atoms with Gasteiger partial charge in [-0.1, -0.05) is 6.07 Å². The molecule has 0 bridgehead atoms. The zero-order valence-corrected chi connectivity index (χ0v) is 12.4. The minimum absolute atomic E-state index is 0.131. The summed E-state index contributed by atoms with van der Waals surface area (Å²) in [6.45, 7) is 8.11. The highest BCUT2D eigenvalue weighted by molar-refractivity contribution is 7.71. The maximum Gasteiger partial charge on any atom is 0.178 e. The summed E-state index contributed by atoms with van der Waals surface area (Å²) in [5, 5.41) is 0. The van der Waals surface area contributed by atoms with Crippen LogP contribution in [-0.2, 0) is 11.3 Å². The SMILES string of the molecule is CCOc1cccc2c1[nH]c(=S)n2CC(C)OCC. The van der Waals surface area contributed by atoms with Gasteiger partial charge >= 0.3 is 0 Å². The number of hydrogen-bond donors (Lipinski definition) is 1. The summed E-state index contributed by atoms with van der Waals surface area (Å²) < 4.78 is 14.0. The Morgan fingerprint density at radius 2 is 2.11 bits per heavy atom. The number of rotatable bonds is 6. The topological polar surface area (TPSA) is 39.2 Å². The van der Waals surface area contributed by atoms with Gasteiger partial charge < -0.3 is 19.0 Å². The zero-order chi connectivity index (χ0) is 13.8. The standard InChI is InChI=1S/C14H20N2O2S/c1-4-17-10(3)9-16-11-7-6-8-12(18-5-2)13(11)15-14(16)19/h6-8,10H,4-5,9H2,1-3H3,(H,15,19). The van der Waals surface area contributed by atoms with Crippen molar-refractivity contribution in [3.63, 3.8) is 0 Å². The first-order chi connectivity index (χ1) is 9.17. The fraction of sp³-hybridized carbons (Fsp3) is 0.500. The number of nitrogens with one attached hydrogen (secondary N) is 1. The third-order valence-electron chi connectivity index (χ3n) is 2.96. The molecule has 0 spiro atoms. The molecule has 5 heteroatoms. The monoisotopic (exact) mass is 280 g/mol. The first-order valence-corrected chi connectivity index (χ1v) is 7.04. The summed E-state index contributed by atoms with van der Waals surface area (Å²) >= 11 is 5.40. The number of para-hydroxylation sites is 1. The summed E-state index contributed by atoms with van der Waals surface area (Å²) in [6.07, 6.45) is 0.131. The number of hydrogen-bond acceptors (Lipinski definition) is 3. The van der Waals surface area contributed by atoms with Crippen molar-refractivity contribution in [1.29, 1.82) is 0 Å². The van der Waals surface area contributed by atoms with Crippen LogP contribution in [0, 0.1) is 4.77 Å². The van der Waals surface area contributed by atoms with E-state index in [1.54, 1.807) is 0 Å². The molecule has 0 aliphatic rings. The molecule has 104 valence electrons. The Morgan fingerprint density at radius 1 is 1.32 bits per heavy atom. The van der Waals surface area contributed by atoms with Crippen LogP contribution in [0.4, 0.5) is 0 Å². The third-order valence-corrected chi connectivity index (χ3v) is 3.29. The zero-order valence-electron chi connectivity index (χ0n) is 11.6. The number of aromatic amines is 1. The van der Waals surface area contributed by atoms with Crippen molar-refractivity contribution in [2.45, 2.75) is 33.4 Å². The van der Waals surface area contributed by atoms with E-state index in [2.05, 4.69) is 16.5 Å². The van der Waals surface area contributed by atoms with Crippen LogP contribution in [0.3, 0.4) is 0 Å². The highest BCUT2D eigenvalue weighted by Gasteiger charge is 2.11. The molecule has 0 amide bonds. The van der Waals surface area contributed by atoms with Crippen LogP contribution in [0.25, 0.3) is 11.0 Å². The number of aromatic nitrogens is 2. The summed E-state index contributed by atoms with van der Waals surface area (Å²) in [5.74, 6) is 0.842. The quantitative estimate of drug-likeness (QED) is 0.823. The molecule has 1 atom stereocenters. The lowest BCUT2D eigenvalue weighted by Gasteiger charge is -2.13. The van der Waals surface area contributed by atoms with Gasteiger partial charge in [0.2, 0.25) is 0 Å². The summed E-state index contributed by atoms with van der Waals surface area (Å²) in [4.78, 5) is 3.23. The van der Waals surface area contributed by atoms with Gasteiger partial charge in [-0.15, -0.1) is 0 Å². The van der Waals surface area contributed by atoms with Gasteiger partial charge in [-0.25, -0.2) is 0 Å². The van der Waals surface area contributed by atoms with E-state index in [1.807, 2.05) is 32.0 Å². The molecule has 1 N–H and O–H groups in total.